The fourth-order valence-corrected chi connectivity index (χ4v) is 4.43. The quantitative estimate of drug-likeness (QED) is 0.672. The van der Waals surface area contributed by atoms with Gasteiger partial charge in [0.15, 0.2) is 0 Å². The molecular weight excluding hydrogens is 334 g/mol. The molecule has 3 atom stereocenters. The summed E-state index contributed by atoms with van der Waals surface area (Å²) >= 11 is 1.17. The Kier molecular flexibility index (Phi) is 5.17. The largest absolute Gasteiger partial charge is 0.473 e. The first kappa shape index (κ1) is 16.8. The number of nitrogens with zero attached hydrogens (tertiary/aromatic N) is 3. The topological polar surface area (TPSA) is 47.5 Å². The second-order valence-corrected chi connectivity index (χ2v) is 7.58. The van der Waals surface area contributed by atoms with Crippen LogP contribution in [-0.4, -0.2) is 38.9 Å². The zero-order chi connectivity index (χ0) is 17.1. The second kappa shape index (κ2) is 7.70. The second-order valence-electron chi connectivity index (χ2n) is 7.05. The molecule has 1 saturated heterocycles. The van der Waals surface area contributed by atoms with Gasteiger partial charge in [0, 0.05) is 19.1 Å². The summed E-state index contributed by atoms with van der Waals surface area (Å²) in [6.07, 6.45) is 4.66. The third-order valence-corrected chi connectivity index (χ3v) is 5.68. The molecule has 0 amide bonds. The first-order valence-corrected chi connectivity index (χ1v) is 9.96. The number of hydrogen-bond acceptors (Lipinski definition) is 6. The van der Waals surface area contributed by atoms with E-state index in [-0.39, 0.29) is 6.10 Å². The van der Waals surface area contributed by atoms with Gasteiger partial charge in [-0.15, -0.1) is 8.75 Å². The maximum Gasteiger partial charge on any atom is 0.291 e. The van der Waals surface area contributed by atoms with Crippen LogP contribution in [0.3, 0.4) is 0 Å². The molecule has 1 aromatic carbocycles. The van der Waals surface area contributed by atoms with Gasteiger partial charge in [-0.25, -0.2) is 0 Å². The third kappa shape index (κ3) is 3.80. The van der Waals surface area contributed by atoms with Crippen LogP contribution in [0.1, 0.15) is 38.2 Å². The highest BCUT2D eigenvalue weighted by Crippen LogP contribution is 2.41. The van der Waals surface area contributed by atoms with Gasteiger partial charge in [0.2, 0.25) is 0 Å². The highest BCUT2D eigenvalue weighted by atomic mass is 32.1. The zero-order valence-corrected chi connectivity index (χ0v) is 15.5. The van der Waals surface area contributed by atoms with E-state index >= 15 is 0 Å². The third-order valence-electron chi connectivity index (χ3n) is 5.19. The van der Waals surface area contributed by atoms with Gasteiger partial charge in [0.1, 0.15) is 6.10 Å². The Labute approximate surface area is 153 Å². The normalized spacial score (nSPS) is 25.4. The Balaban J connectivity index is 1.38. The number of likely N-dealkylation sites (tertiary alicyclic amines) is 1. The summed E-state index contributed by atoms with van der Waals surface area (Å²) in [4.78, 5) is 2.56. The summed E-state index contributed by atoms with van der Waals surface area (Å²) in [5, 5.41) is 0. The van der Waals surface area contributed by atoms with E-state index in [1.165, 1.54) is 30.3 Å². The van der Waals surface area contributed by atoms with E-state index in [2.05, 4.69) is 50.9 Å². The lowest BCUT2D eigenvalue weighted by atomic mass is 10.1. The minimum Gasteiger partial charge on any atom is -0.473 e. The number of benzene rings is 1. The van der Waals surface area contributed by atoms with Crippen molar-refractivity contribution in [2.45, 2.75) is 51.3 Å². The fourth-order valence-electron chi connectivity index (χ4n) is 3.99. The number of hydrogen-bond donors (Lipinski definition) is 0. The smallest absolute Gasteiger partial charge is 0.291 e. The van der Waals surface area contributed by atoms with Gasteiger partial charge in [0.05, 0.1) is 18.3 Å². The van der Waals surface area contributed by atoms with Gasteiger partial charge in [0.25, 0.3) is 11.8 Å². The SMILES string of the molecule is CCCCOc1nsnc1O[C@@H]1C[C@@H]2C[C@H]1N(Cc1ccccc1)C2. The number of ether oxygens (including phenoxy) is 2. The lowest BCUT2D eigenvalue weighted by Crippen LogP contribution is -2.43. The summed E-state index contributed by atoms with van der Waals surface area (Å²) in [7, 11) is 0. The van der Waals surface area contributed by atoms with E-state index < -0.39 is 0 Å². The van der Waals surface area contributed by atoms with Gasteiger partial charge in [-0.1, -0.05) is 43.7 Å². The molecule has 0 N–H and O–H groups in total. The molecule has 134 valence electrons. The first-order valence-electron chi connectivity index (χ1n) is 9.23. The maximum atomic E-state index is 6.25. The van der Waals surface area contributed by atoms with Crippen molar-refractivity contribution in [1.82, 2.24) is 13.6 Å². The van der Waals surface area contributed by atoms with Crippen LogP contribution in [0.25, 0.3) is 0 Å². The predicted molar refractivity (Wildman–Crippen MR) is 98.1 cm³/mol. The van der Waals surface area contributed by atoms with Crippen molar-refractivity contribution in [2.75, 3.05) is 13.2 Å². The molecule has 1 aromatic heterocycles. The summed E-state index contributed by atoms with van der Waals surface area (Å²) in [6, 6.07) is 11.2. The lowest BCUT2D eigenvalue weighted by Gasteiger charge is -2.32. The Hall–Kier alpha value is -1.66. The van der Waals surface area contributed by atoms with Gasteiger partial charge in [-0.3, -0.25) is 4.90 Å². The maximum absolute atomic E-state index is 6.25. The van der Waals surface area contributed by atoms with Crippen LogP contribution >= 0.6 is 11.7 Å². The molecule has 1 aliphatic heterocycles. The Morgan fingerprint density at radius 3 is 2.80 bits per heavy atom. The van der Waals surface area contributed by atoms with Crippen LogP contribution in [-0.2, 0) is 6.54 Å². The number of piperidine rings is 1. The molecule has 0 spiro atoms. The van der Waals surface area contributed by atoms with E-state index in [9.17, 15) is 0 Å². The molecule has 5 nitrogen and oxygen atoms in total. The van der Waals surface area contributed by atoms with E-state index in [1.807, 2.05) is 0 Å². The average molecular weight is 359 g/mol. The first-order chi connectivity index (χ1) is 12.3. The van der Waals surface area contributed by atoms with Gasteiger partial charge >= 0.3 is 0 Å². The fraction of sp³-hybridized carbons (Fsp3) is 0.579. The molecule has 0 unspecified atom stereocenters. The van der Waals surface area contributed by atoms with Crippen LogP contribution in [0.2, 0.25) is 0 Å². The molecule has 2 bridgehead atoms. The van der Waals surface area contributed by atoms with Crippen molar-refractivity contribution in [3.05, 3.63) is 35.9 Å². The Bertz CT molecular complexity index is 678. The summed E-state index contributed by atoms with van der Waals surface area (Å²) in [5.41, 5.74) is 1.37. The van der Waals surface area contributed by atoms with Crippen molar-refractivity contribution >= 4 is 11.7 Å². The van der Waals surface area contributed by atoms with Crippen LogP contribution in [0.4, 0.5) is 0 Å². The standard InChI is InChI=1S/C19H25N3O2S/c1-2-3-9-23-18-19(21-25-20-18)24-17-11-15-10-16(17)22(13-15)12-14-7-5-4-6-8-14/h4-8,15-17H,2-3,9-13H2,1H3/t15-,16+,17+/m0/s1. The van der Waals surface area contributed by atoms with Gasteiger partial charge in [-0.05, 0) is 30.7 Å². The average Bonchev–Trinajstić information content (AvgIpc) is 3.33. The highest BCUT2D eigenvalue weighted by Gasteiger charge is 2.46. The number of rotatable bonds is 8. The molecule has 1 saturated carbocycles. The number of aromatic nitrogens is 2. The van der Waals surface area contributed by atoms with Crippen molar-refractivity contribution in [2.24, 2.45) is 5.92 Å². The molecule has 2 fully saturated rings. The van der Waals surface area contributed by atoms with Crippen LogP contribution in [0.5, 0.6) is 11.8 Å². The predicted octanol–water partition coefficient (Wildman–Crippen LogP) is 3.76. The van der Waals surface area contributed by atoms with E-state index in [4.69, 9.17) is 9.47 Å². The van der Waals surface area contributed by atoms with Crippen LogP contribution in [0, 0.1) is 5.92 Å². The number of fused-ring (bicyclic) bond motifs is 2. The molecule has 4 rings (SSSR count). The molecule has 2 heterocycles. The van der Waals surface area contributed by atoms with Crippen molar-refractivity contribution in [3.8, 4) is 11.8 Å². The monoisotopic (exact) mass is 359 g/mol. The molecule has 6 heteroatoms. The number of unbranched alkanes of at least 4 members (excludes halogenated alkanes) is 1. The molecule has 2 aromatic rings. The van der Waals surface area contributed by atoms with Gasteiger partial charge in [-0.2, -0.15) is 0 Å². The molecular formula is C19H25N3O2S. The lowest BCUT2D eigenvalue weighted by molar-refractivity contribution is 0.0645. The van der Waals surface area contributed by atoms with Crippen molar-refractivity contribution in [1.29, 1.82) is 0 Å². The summed E-state index contributed by atoms with van der Waals surface area (Å²) < 4.78 is 20.5. The van der Waals surface area contributed by atoms with Gasteiger partial charge < -0.3 is 9.47 Å². The molecule has 25 heavy (non-hydrogen) atoms. The highest BCUT2D eigenvalue weighted by molar-refractivity contribution is 6.99. The molecule has 2 aliphatic rings. The minimum absolute atomic E-state index is 0.194. The van der Waals surface area contributed by atoms with E-state index in [0.717, 1.165) is 31.7 Å². The Morgan fingerprint density at radius 1 is 1.16 bits per heavy atom. The minimum atomic E-state index is 0.194. The zero-order valence-electron chi connectivity index (χ0n) is 14.6. The van der Waals surface area contributed by atoms with E-state index in [0.29, 0.717) is 24.4 Å². The molecule has 0 radical (unpaired) electrons. The summed E-state index contributed by atoms with van der Waals surface area (Å²) in [5.74, 6) is 1.88. The Morgan fingerprint density at radius 2 is 2.00 bits per heavy atom. The van der Waals surface area contributed by atoms with Crippen LogP contribution < -0.4 is 9.47 Å². The van der Waals surface area contributed by atoms with Crippen LogP contribution in [0.15, 0.2) is 30.3 Å². The van der Waals surface area contributed by atoms with Crippen molar-refractivity contribution in [3.63, 3.8) is 0 Å². The van der Waals surface area contributed by atoms with E-state index in [1.54, 1.807) is 0 Å². The molecule has 1 aliphatic carbocycles. The van der Waals surface area contributed by atoms with Crippen molar-refractivity contribution < 1.29 is 9.47 Å². The summed E-state index contributed by atoms with van der Waals surface area (Å²) in [6.45, 7) is 5.00.